The maximum Gasteiger partial charge on any atom is 0.107 e. The largest absolute Gasteiger partial charge is 0.306 e. The Labute approximate surface area is 119 Å². The van der Waals surface area contributed by atoms with Crippen LogP contribution in [0.5, 0.6) is 0 Å². The molecule has 0 saturated carbocycles. The SMILES string of the molecule is CN1CCC[C@H](Cc2cncc(-c3ccnn3C)n2)C1. The smallest absolute Gasteiger partial charge is 0.107 e. The highest BCUT2D eigenvalue weighted by Gasteiger charge is 2.18. The molecule has 3 rings (SSSR count). The molecule has 5 heteroatoms. The van der Waals surface area contributed by atoms with E-state index in [0.29, 0.717) is 5.92 Å². The van der Waals surface area contributed by atoms with Crippen molar-refractivity contribution in [3.05, 3.63) is 30.4 Å². The summed E-state index contributed by atoms with van der Waals surface area (Å²) in [6, 6.07) is 1.97. The van der Waals surface area contributed by atoms with Crippen molar-refractivity contribution in [1.29, 1.82) is 0 Å². The van der Waals surface area contributed by atoms with Crippen LogP contribution >= 0.6 is 0 Å². The van der Waals surface area contributed by atoms with Gasteiger partial charge in [0.2, 0.25) is 0 Å². The average Bonchev–Trinajstić information content (AvgIpc) is 2.85. The van der Waals surface area contributed by atoms with E-state index in [0.717, 1.165) is 30.0 Å². The molecular formula is C15H21N5. The van der Waals surface area contributed by atoms with Crippen LogP contribution in [0.2, 0.25) is 0 Å². The summed E-state index contributed by atoms with van der Waals surface area (Å²) in [4.78, 5) is 11.5. The minimum atomic E-state index is 0.699. The van der Waals surface area contributed by atoms with Gasteiger partial charge in [-0.3, -0.25) is 9.67 Å². The first-order valence-electron chi connectivity index (χ1n) is 7.20. The van der Waals surface area contributed by atoms with Gasteiger partial charge in [0.05, 0.1) is 17.6 Å². The highest BCUT2D eigenvalue weighted by Crippen LogP contribution is 2.20. The molecule has 20 heavy (non-hydrogen) atoms. The molecule has 2 aromatic rings. The fourth-order valence-corrected chi connectivity index (χ4v) is 2.99. The predicted octanol–water partition coefficient (Wildman–Crippen LogP) is 1.76. The van der Waals surface area contributed by atoms with Crippen LogP contribution in [0.15, 0.2) is 24.7 Å². The Morgan fingerprint density at radius 2 is 2.20 bits per heavy atom. The molecule has 1 fully saturated rings. The van der Waals surface area contributed by atoms with Crippen molar-refractivity contribution >= 4 is 0 Å². The molecule has 1 aliphatic heterocycles. The summed E-state index contributed by atoms with van der Waals surface area (Å²) in [5, 5.41) is 4.19. The number of aromatic nitrogens is 4. The highest BCUT2D eigenvalue weighted by atomic mass is 15.3. The van der Waals surface area contributed by atoms with Gasteiger partial charge in [-0.25, -0.2) is 4.98 Å². The van der Waals surface area contributed by atoms with Crippen molar-refractivity contribution in [2.45, 2.75) is 19.3 Å². The molecule has 0 amide bonds. The number of likely N-dealkylation sites (tertiary alicyclic amines) is 1. The van der Waals surface area contributed by atoms with Crippen molar-refractivity contribution < 1.29 is 0 Å². The standard InChI is InChI=1S/C15H21N5/c1-19-7-3-4-12(11-19)8-13-9-16-10-14(18-13)15-5-6-17-20(15)2/h5-6,9-10,12H,3-4,7-8,11H2,1-2H3/t12-/m1/s1. The average molecular weight is 271 g/mol. The summed E-state index contributed by atoms with van der Waals surface area (Å²) in [6.07, 6.45) is 9.10. The number of hydrogen-bond acceptors (Lipinski definition) is 4. The zero-order chi connectivity index (χ0) is 13.9. The third-order valence-corrected chi connectivity index (χ3v) is 3.99. The van der Waals surface area contributed by atoms with Gasteiger partial charge in [0.1, 0.15) is 5.69 Å². The number of aryl methyl sites for hydroxylation is 1. The number of piperidine rings is 1. The Morgan fingerprint density at radius 1 is 1.30 bits per heavy atom. The Bertz CT molecular complexity index is 577. The zero-order valence-corrected chi connectivity index (χ0v) is 12.2. The number of hydrogen-bond donors (Lipinski definition) is 0. The van der Waals surface area contributed by atoms with Crippen LogP contribution in [0.4, 0.5) is 0 Å². The van der Waals surface area contributed by atoms with Gasteiger partial charge in [-0.05, 0) is 44.8 Å². The van der Waals surface area contributed by atoms with Crippen molar-refractivity contribution in [3.63, 3.8) is 0 Å². The first-order chi connectivity index (χ1) is 9.72. The lowest BCUT2D eigenvalue weighted by Crippen LogP contribution is -2.33. The second-order valence-corrected chi connectivity index (χ2v) is 5.71. The molecule has 3 heterocycles. The lowest BCUT2D eigenvalue weighted by Gasteiger charge is -2.29. The van der Waals surface area contributed by atoms with Crippen LogP contribution in [0.3, 0.4) is 0 Å². The third kappa shape index (κ3) is 2.88. The molecule has 1 atom stereocenters. The highest BCUT2D eigenvalue weighted by molar-refractivity contribution is 5.52. The molecule has 0 bridgehead atoms. The maximum atomic E-state index is 4.75. The zero-order valence-electron chi connectivity index (χ0n) is 12.2. The van der Waals surface area contributed by atoms with E-state index in [-0.39, 0.29) is 0 Å². The van der Waals surface area contributed by atoms with E-state index < -0.39 is 0 Å². The Hall–Kier alpha value is -1.75. The Morgan fingerprint density at radius 3 is 2.95 bits per heavy atom. The number of nitrogens with zero attached hydrogens (tertiary/aromatic N) is 5. The molecular weight excluding hydrogens is 250 g/mol. The topological polar surface area (TPSA) is 46.8 Å². The van der Waals surface area contributed by atoms with Crippen molar-refractivity contribution in [1.82, 2.24) is 24.6 Å². The Kier molecular flexibility index (Phi) is 3.78. The summed E-state index contributed by atoms with van der Waals surface area (Å²) in [5.74, 6) is 0.699. The van der Waals surface area contributed by atoms with E-state index in [9.17, 15) is 0 Å². The fourth-order valence-electron chi connectivity index (χ4n) is 2.99. The summed E-state index contributed by atoms with van der Waals surface area (Å²) in [6.45, 7) is 2.38. The van der Waals surface area contributed by atoms with Gasteiger partial charge < -0.3 is 4.90 Å². The van der Waals surface area contributed by atoms with E-state index in [1.807, 2.05) is 30.2 Å². The van der Waals surface area contributed by atoms with E-state index in [4.69, 9.17) is 4.98 Å². The summed E-state index contributed by atoms with van der Waals surface area (Å²) in [5.41, 5.74) is 3.01. The quantitative estimate of drug-likeness (QED) is 0.853. The molecule has 0 radical (unpaired) electrons. The second kappa shape index (κ2) is 5.71. The summed E-state index contributed by atoms with van der Waals surface area (Å²) < 4.78 is 1.84. The molecule has 0 N–H and O–H groups in total. The molecule has 0 unspecified atom stereocenters. The van der Waals surface area contributed by atoms with Gasteiger partial charge in [0.25, 0.3) is 0 Å². The minimum absolute atomic E-state index is 0.699. The lowest BCUT2D eigenvalue weighted by molar-refractivity contribution is 0.208. The Balaban J connectivity index is 1.76. The third-order valence-electron chi connectivity index (χ3n) is 3.99. The van der Waals surface area contributed by atoms with E-state index in [1.54, 1.807) is 6.20 Å². The van der Waals surface area contributed by atoms with Crippen LogP contribution in [-0.4, -0.2) is 44.8 Å². The summed E-state index contributed by atoms with van der Waals surface area (Å²) in [7, 11) is 4.13. The molecule has 0 spiro atoms. The molecule has 106 valence electrons. The second-order valence-electron chi connectivity index (χ2n) is 5.71. The van der Waals surface area contributed by atoms with Crippen LogP contribution in [-0.2, 0) is 13.5 Å². The molecule has 0 aliphatic carbocycles. The monoisotopic (exact) mass is 271 g/mol. The van der Waals surface area contributed by atoms with Gasteiger partial charge in [-0.1, -0.05) is 0 Å². The van der Waals surface area contributed by atoms with Crippen molar-refractivity contribution in [2.24, 2.45) is 13.0 Å². The normalized spacial score (nSPS) is 20.2. The first-order valence-corrected chi connectivity index (χ1v) is 7.20. The molecule has 0 aromatic carbocycles. The van der Waals surface area contributed by atoms with Gasteiger partial charge >= 0.3 is 0 Å². The van der Waals surface area contributed by atoms with Gasteiger partial charge in [0.15, 0.2) is 0 Å². The molecule has 2 aromatic heterocycles. The van der Waals surface area contributed by atoms with Crippen LogP contribution in [0.25, 0.3) is 11.4 Å². The van der Waals surface area contributed by atoms with Gasteiger partial charge in [-0.15, -0.1) is 0 Å². The number of rotatable bonds is 3. The molecule has 5 nitrogen and oxygen atoms in total. The summed E-state index contributed by atoms with van der Waals surface area (Å²) >= 11 is 0. The fraction of sp³-hybridized carbons (Fsp3) is 0.533. The van der Waals surface area contributed by atoms with E-state index >= 15 is 0 Å². The maximum absolute atomic E-state index is 4.75. The van der Waals surface area contributed by atoms with Crippen molar-refractivity contribution in [2.75, 3.05) is 20.1 Å². The molecule has 1 aliphatic rings. The van der Waals surface area contributed by atoms with Crippen LogP contribution in [0.1, 0.15) is 18.5 Å². The van der Waals surface area contributed by atoms with Crippen LogP contribution in [0, 0.1) is 5.92 Å². The van der Waals surface area contributed by atoms with Crippen molar-refractivity contribution in [3.8, 4) is 11.4 Å². The van der Waals surface area contributed by atoms with E-state index in [2.05, 4.69) is 22.0 Å². The van der Waals surface area contributed by atoms with Gasteiger partial charge in [-0.2, -0.15) is 5.10 Å². The lowest BCUT2D eigenvalue weighted by atomic mass is 9.94. The van der Waals surface area contributed by atoms with E-state index in [1.165, 1.54) is 19.4 Å². The first kappa shape index (κ1) is 13.2. The predicted molar refractivity (Wildman–Crippen MR) is 78.2 cm³/mol. The minimum Gasteiger partial charge on any atom is -0.306 e. The van der Waals surface area contributed by atoms with Crippen LogP contribution < -0.4 is 0 Å². The van der Waals surface area contributed by atoms with Gasteiger partial charge in [0, 0.05) is 26.0 Å². The molecule has 1 saturated heterocycles.